The van der Waals surface area contributed by atoms with Crippen LogP contribution in [0.15, 0.2) is 36.4 Å². The highest BCUT2D eigenvalue weighted by atomic mass is 16.7. The summed E-state index contributed by atoms with van der Waals surface area (Å²) in [5.41, 5.74) is 3.66. The lowest BCUT2D eigenvalue weighted by Gasteiger charge is -2.13. The molecule has 0 spiro atoms. The zero-order valence-electron chi connectivity index (χ0n) is 10.8. The molecule has 2 aromatic carbocycles. The van der Waals surface area contributed by atoms with Gasteiger partial charge in [0.25, 0.3) is 6.29 Å². The molecule has 1 atom stereocenters. The SMILES string of the molecule is Cc1cc(C#N)ccc1C1Oc2cccc(C)c2O1. The van der Waals surface area contributed by atoms with Crippen LogP contribution in [0.5, 0.6) is 11.5 Å². The van der Waals surface area contributed by atoms with Crippen molar-refractivity contribution in [3.05, 3.63) is 58.7 Å². The van der Waals surface area contributed by atoms with E-state index in [0.717, 1.165) is 28.2 Å². The van der Waals surface area contributed by atoms with Crippen LogP contribution in [0, 0.1) is 25.2 Å². The lowest BCUT2D eigenvalue weighted by molar-refractivity contribution is 0.0478. The molecular weight excluding hydrogens is 238 g/mol. The Morgan fingerprint density at radius 3 is 2.58 bits per heavy atom. The number of fused-ring (bicyclic) bond motifs is 1. The summed E-state index contributed by atoms with van der Waals surface area (Å²) < 4.78 is 11.7. The van der Waals surface area contributed by atoms with E-state index in [4.69, 9.17) is 14.7 Å². The normalized spacial score (nSPS) is 16.2. The first-order chi connectivity index (χ1) is 9.19. The average molecular weight is 251 g/mol. The lowest BCUT2D eigenvalue weighted by Crippen LogP contribution is -2.09. The van der Waals surface area contributed by atoms with Crippen LogP contribution in [0.4, 0.5) is 0 Å². The molecule has 19 heavy (non-hydrogen) atoms. The summed E-state index contributed by atoms with van der Waals surface area (Å²) in [6, 6.07) is 13.5. The molecule has 3 heteroatoms. The van der Waals surface area contributed by atoms with E-state index in [1.807, 2.05) is 44.2 Å². The second kappa shape index (κ2) is 4.33. The molecule has 0 aromatic heterocycles. The van der Waals surface area contributed by atoms with Crippen molar-refractivity contribution in [2.75, 3.05) is 0 Å². The molecule has 94 valence electrons. The number of hydrogen-bond donors (Lipinski definition) is 0. The van der Waals surface area contributed by atoms with E-state index in [1.54, 1.807) is 6.07 Å². The zero-order chi connectivity index (χ0) is 13.4. The standard InChI is InChI=1S/C16H13NO2/c1-10-4-3-5-14-15(10)19-16(18-14)13-7-6-12(9-17)8-11(13)2/h3-8,16H,1-2H3. The molecular formula is C16H13NO2. The first-order valence-corrected chi connectivity index (χ1v) is 6.12. The van der Waals surface area contributed by atoms with Gasteiger partial charge in [0.15, 0.2) is 11.5 Å². The number of ether oxygens (including phenoxy) is 2. The third-order valence-corrected chi connectivity index (χ3v) is 3.29. The van der Waals surface area contributed by atoms with Gasteiger partial charge in [-0.25, -0.2) is 0 Å². The fraction of sp³-hybridized carbons (Fsp3) is 0.188. The minimum absolute atomic E-state index is 0.427. The highest BCUT2D eigenvalue weighted by Gasteiger charge is 2.28. The van der Waals surface area contributed by atoms with Crippen molar-refractivity contribution in [2.24, 2.45) is 0 Å². The largest absolute Gasteiger partial charge is 0.447 e. The summed E-state index contributed by atoms with van der Waals surface area (Å²) >= 11 is 0. The Bertz CT molecular complexity index is 686. The Hall–Kier alpha value is -2.47. The van der Waals surface area contributed by atoms with Gasteiger partial charge in [0.05, 0.1) is 11.6 Å². The Balaban J connectivity index is 1.95. The van der Waals surface area contributed by atoms with Crippen molar-refractivity contribution in [3.8, 4) is 17.6 Å². The van der Waals surface area contributed by atoms with Crippen LogP contribution in [-0.4, -0.2) is 0 Å². The topological polar surface area (TPSA) is 42.2 Å². The molecule has 0 bridgehead atoms. The van der Waals surface area contributed by atoms with Gasteiger partial charge in [0.2, 0.25) is 0 Å². The molecule has 0 amide bonds. The molecule has 1 heterocycles. The quantitative estimate of drug-likeness (QED) is 0.777. The summed E-state index contributed by atoms with van der Waals surface area (Å²) in [5, 5.41) is 8.88. The van der Waals surface area contributed by atoms with E-state index in [0.29, 0.717) is 5.56 Å². The maximum Gasteiger partial charge on any atom is 0.268 e. The Kier molecular flexibility index (Phi) is 2.64. The Morgan fingerprint density at radius 1 is 1.05 bits per heavy atom. The Morgan fingerprint density at radius 2 is 1.89 bits per heavy atom. The summed E-state index contributed by atoms with van der Waals surface area (Å²) in [4.78, 5) is 0. The number of aryl methyl sites for hydroxylation is 2. The van der Waals surface area contributed by atoms with Gasteiger partial charge < -0.3 is 9.47 Å². The zero-order valence-corrected chi connectivity index (χ0v) is 10.8. The first-order valence-electron chi connectivity index (χ1n) is 6.12. The van der Waals surface area contributed by atoms with Gasteiger partial charge in [0, 0.05) is 5.56 Å². The third-order valence-electron chi connectivity index (χ3n) is 3.29. The molecule has 0 saturated carbocycles. The minimum Gasteiger partial charge on any atom is -0.447 e. The monoisotopic (exact) mass is 251 g/mol. The van der Waals surface area contributed by atoms with Crippen LogP contribution < -0.4 is 9.47 Å². The molecule has 0 aliphatic carbocycles. The number of hydrogen-bond acceptors (Lipinski definition) is 3. The van der Waals surface area contributed by atoms with E-state index >= 15 is 0 Å². The van der Waals surface area contributed by atoms with Crippen LogP contribution in [0.2, 0.25) is 0 Å². The molecule has 3 rings (SSSR count). The van der Waals surface area contributed by atoms with E-state index in [2.05, 4.69) is 6.07 Å². The van der Waals surface area contributed by atoms with Gasteiger partial charge >= 0.3 is 0 Å². The Labute approximate surface area is 112 Å². The second-order valence-electron chi connectivity index (χ2n) is 4.65. The van der Waals surface area contributed by atoms with Gasteiger partial charge in [-0.1, -0.05) is 12.1 Å². The predicted molar refractivity (Wildman–Crippen MR) is 71.1 cm³/mol. The second-order valence-corrected chi connectivity index (χ2v) is 4.65. The first kappa shape index (κ1) is 11.6. The fourth-order valence-electron chi connectivity index (χ4n) is 2.25. The number of rotatable bonds is 1. The summed E-state index contributed by atoms with van der Waals surface area (Å²) in [6.07, 6.45) is -0.427. The van der Waals surface area contributed by atoms with Gasteiger partial charge in [-0.15, -0.1) is 0 Å². The van der Waals surface area contributed by atoms with Crippen molar-refractivity contribution in [3.63, 3.8) is 0 Å². The number of para-hydroxylation sites is 1. The number of nitriles is 1. The van der Waals surface area contributed by atoms with Gasteiger partial charge in [-0.2, -0.15) is 5.26 Å². The third kappa shape index (κ3) is 1.92. The van der Waals surface area contributed by atoms with E-state index in [-0.39, 0.29) is 0 Å². The summed E-state index contributed by atoms with van der Waals surface area (Å²) in [5.74, 6) is 1.57. The van der Waals surface area contributed by atoms with Crippen molar-refractivity contribution >= 4 is 0 Å². The van der Waals surface area contributed by atoms with E-state index in [9.17, 15) is 0 Å². The van der Waals surface area contributed by atoms with Crippen LogP contribution in [0.1, 0.15) is 28.5 Å². The smallest absolute Gasteiger partial charge is 0.268 e. The van der Waals surface area contributed by atoms with Gasteiger partial charge in [-0.05, 0) is 49.2 Å². The van der Waals surface area contributed by atoms with Crippen LogP contribution >= 0.6 is 0 Å². The lowest BCUT2D eigenvalue weighted by atomic mass is 10.1. The van der Waals surface area contributed by atoms with Crippen molar-refractivity contribution in [1.82, 2.24) is 0 Å². The minimum atomic E-state index is -0.427. The number of nitrogens with zero attached hydrogens (tertiary/aromatic N) is 1. The maximum atomic E-state index is 8.88. The molecule has 0 fully saturated rings. The highest BCUT2D eigenvalue weighted by Crippen LogP contribution is 2.42. The molecule has 3 nitrogen and oxygen atoms in total. The number of benzene rings is 2. The van der Waals surface area contributed by atoms with Crippen LogP contribution in [-0.2, 0) is 0 Å². The maximum absolute atomic E-state index is 8.88. The molecule has 1 unspecified atom stereocenters. The van der Waals surface area contributed by atoms with Crippen molar-refractivity contribution in [2.45, 2.75) is 20.1 Å². The van der Waals surface area contributed by atoms with E-state index < -0.39 is 6.29 Å². The van der Waals surface area contributed by atoms with Gasteiger partial charge in [-0.3, -0.25) is 0 Å². The molecule has 1 aliphatic heterocycles. The van der Waals surface area contributed by atoms with E-state index in [1.165, 1.54) is 0 Å². The molecule has 0 radical (unpaired) electrons. The van der Waals surface area contributed by atoms with Crippen LogP contribution in [0.3, 0.4) is 0 Å². The predicted octanol–water partition coefficient (Wildman–Crippen LogP) is 3.65. The van der Waals surface area contributed by atoms with Crippen LogP contribution in [0.25, 0.3) is 0 Å². The fourth-order valence-corrected chi connectivity index (χ4v) is 2.25. The molecule has 1 aliphatic rings. The van der Waals surface area contributed by atoms with Crippen molar-refractivity contribution < 1.29 is 9.47 Å². The van der Waals surface area contributed by atoms with Gasteiger partial charge in [0.1, 0.15) is 0 Å². The van der Waals surface area contributed by atoms with Crippen molar-refractivity contribution in [1.29, 1.82) is 5.26 Å². The summed E-state index contributed by atoms with van der Waals surface area (Å²) in [6.45, 7) is 3.95. The molecule has 0 saturated heterocycles. The highest BCUT2D eigenvalue weighted by molar-refractivity contribution is 5.49. The average Bonchev–Trinajstić information content (AvgIpc) is 2.83. The molecule has 2 aromatic rings. The molecule has 0 N–H and O–H groups in total. The summed E-state index contributed by atoms with van der Waals surface area (Å²) in [7, 11) is 0.